The number of fused-ring (bicyclic) bond motifs is 1. The summed E-state index contributed by atoms with van der Waals surface area (Å²) in [6, 6.07) is 20.2. The van der Waals surface area contributed by atoms with Crippen LogP contribution in [0.2, 0.25) is 0 Å². The van der Waals surface area contributed by atoms with E-state index in [4.69, 9.17) is 0 Å². The van der Waals surface area contributed by atoms with Gasteiger partial charge in [-0.2, -0.15) is 0 Å². The third-order valence-corrected chi connectivity index (χ3v) is 4.66. The third kappa shape index (κ3) is 3.78. The molecule has 0 unspecified atom stereocenters. The Labute approximate surface area is 167 Å². The molecule has 2 N–H and O–H groups in total. The van der Waals surface area contributed by atoms with Crippen molar-refractivity contribution in [3.8, 4) is 0 Å². The fraction of sp³-hybridized carbons (Fsp3) is 0.0870. The zero-order valence-electron chi connectivity index (χ0n) is 15.6. The van der Waals surface area contributed by atoms with Gasteiger partial charge in [-0.1, -0.05) is 48.0 Å². The van der Waals surface area contributed by atoms with E-state index < -0.39 is 23.8 Å². The Morgan fingerprint density at radius 1 is 0.966 bits per heavy atom. The van der Waals surface area contributed by atoms with E-state index >= 15 is 0 Å². The van der Waals surface area contributed by atoms with Crippen LogP contribution in [0.15, 0.2) is 77.8 Å². The topological polar surface area (TPSA) is 70.6 Å². The number of carbonyl (C=O) groups is 2. The van der Waals surface area contributed by atoms with Gasteiger partial charge in [0.2, 0.25) is 6.17 Å². The maximum absolute atomic E-state index is 14.5. The van der Waals surface area contributed by atoms with Gasteiger partial charge in [0.25, 0.3) is 11.8 Å². The number of aliphatic imine (C=N–C) groups is 1. The zero-order chi connectivity index (χ0) is 20.4. The Kier molecular flexibility index (Phi) is 4.91. The van der Waals surface area contributed by atoms with Gasteiger partial charge in [-0.3, -0.25) is 9.59 Å². The lowest BCUT2D eigenvalue weighted by atomic mass is 10.0. The van der Waals surface area contributed by atoms with Crippen LogP contribution in [0.1, 0.15) is 27.0 Å². The summed E-state index contributed by atoms with van der Waals surface area (Å²) in [7, 11) is 0. The first kappa shape index (κ1) is 18.6. The standard InChI is InChI=1S/C23H18FN3O2/c1-14-10-12-15(13-11-14)22(28)27-21-23(29)25-19-9-5-3-7-17(19)20(26-21)16-6-2-4-8-18(16)24/h2-13,21H,1H3,(H,25,29)(H,27,28)/t21-/m1/s1. The second-order valence-corrected chi connectivity index (χ2v) is 6.73. The number of halogens is 1. The summed E-state index contributed by atoms with van der Waals surface area (Å²) in [4.78, 5) is 29.8. The minimum Gasteiger partial charge on any atom is -0.322 e. The SMILES string of the molecule is Cc1ccc(C(=O)N[C@H]2N=C(c3ccccc3F)c3ccccc3NC2=O)cc1. The van der Waals surface area contributed by atoms with Gasteiger partial charge < -0.3 is 10.6 Å². The molecule has 2 amide bonds. The minimum atomic E-state index is -1.20. The fourth-order valence-corrected chi connectivity index (χ4v) is 3.14. The molecule has 0 spiro atoms. The van der Waals surface area contributed by atoms with Crippen LogP contribution in [0.25, 0.3) is 0 Å². The van der Waals surface area contributed by atoms with Gasteiger partial charge in [0.15, 0.2) is 0 Å². The predicted molar refractivity (Wildman–Crippen MR) is 110 cm³/mol. The number of nitrogens with zero attached hydrogens (tertiary/aromatic N) is 1. The zero-order valence-corrected chi connectivity index (χ0v) is 15.6. The Morgan fingerprint density at radius 3 is 2.34 bits per heavy atom. The van der Waals surface area contributed by atoms with Crippen molar-refractivity contribution in [2.45, 2.75) is 13.1 Å². The average molecular weight is 387 g/mol. The molecule has 1 heterocycles. The maximum atomic E-state index is 14.5. The van der Waals surface area contributed by atoms with E-state index in [1.165, 1.54) is 6.07 Å². The molecule has 1 aliphatic heterocycles. The van der Waals surface area contributed by atoms with Gasteiger partial charge in [0.1, 0.15) is 5.82 Å². The Hall–Kier alpha value is -3.80. The number of carbonyl (C=O) groups excluding carboxylic acids is 2. The molecule has 144 valence electrons. The summed E-state index contributed by atoms with van der Waals surface area (Å²) in [5.41, 5.74) is 3.07. The van der Waals surface area contributed by atoms with Crippen molar-refractivity contribution in [2.24, 2.45) is 4.99 Å². The Morgan fingerprint density at radius 2 is 1.62 bits per heavy atom. The Balaban J connectivity index is 1.76. The van der Waals surface area contributed by atoms with Crippen LogP contribution in [-0.2, 0) is 4.79 Å². The number of nitrogens with one attached hydrogen (secondary N) is 2. The van der Waals surface area contributed by atoms with Gasteiger partial charge in [-0.25, -0.2) is 9.38 Å². The van der Waals surface area contributed by atoms with Crippen LogP contribution in [-0.4, -0.2) is 23.7 Å². The van der Waals surface area contributed by atoms with Gasteiger partial charge >= 0.3 is 0 Å². The van der Waals surface area contributed by atoms with E-state index in [9.17, 15) is 14.0 Å². The molecule has 0 bridgehead atoms. The third-order valence-electron chi connectivity index (χ3n) is 4.66. The summed E-state index contributed by atoms with van der Waals surface area (Å²) in [5, 5.41) is 5.40. The van der Waals surface area contributed by atoms with Crippen molar-refractivity contribution in [3.63, 3.8) is 0 Å². The fourth-order valence-electron chi connectivity index (χ4n) is 3.14. The number of hydrogen-bond acceptors (Lipinski definition) is 3. The van der Waals surface area contributed by atoms with Crippen molar-refractivity contribution < 1.29 is 14.0 Å². The Bertz CT molecular complexity index is 1120. The van der Waals surface area contributed by atoms with Gasteiger partial charge in [0.05, 0.1) is 11.4 Å². The molecule has 0 radical (unpaired) electrons. The average Bonchev–Trinajstić information content (AvgIpc) is 2.85. The van der Waals surface area contributed by atoms with Crippen LogP contribution in [0, 0.1) is 12.7 Å². The van der Waals surface area contributed by atoms with Crippen molar-refractivity contribution in [3.05, 3.63) is 101 Å². The van der Waals surface area contributed by atoms with E-state index in [2.05, 4.69) is 15.6 Å². The second-order valence-electron chi connectivity index (χ2n) is 6.73. The maximum Gasteiger partial charge on any atom is 0.269 e. The molecule has 0 fully saturated rings. The van der Waals surface area contributed by atoms with E-state index in [1.54, 1.807) is 54.6 Å². The van der Waals surface area contributed by atoms with Crippen molar-refractivity contribution in [1.29, 1.82) is 0 Å². The van der Waals surface area contributed by atoms with E-state index in [1.807, 2.05) is 19.1 Å². The van der Waals surface area contributed by atoms with Gasteiger partial charge in [-0.15, -0.1) is 0 Å². The highest BCUT2D eigenvalue weighted by molar-refractivity contribution is 6.20. The van der Waals surface area contributed by atoms with Crippen LogP contribution in [0.3, 0.4) is 0 Å². The molecule has 4 rings (SSSR count). The molecule has 3 aromatic carbocycles. The minimum absolute atomic E-state index is 0.256. The molecule has 0 aromatic heterocycles. The number of aryl methyl sites for hydroxylation is 1. The van der Waals surface area contributed by atoms with Gasteiger partial charge in [0, 0.05) is 16.7 Å². The van der Waals surface area contributed by atoms with E-state index in [-0.39, 0.29) is 5.56 Å². The molecule has 5 nitrogen and oxygen atoms in total. The molecule has 6 heteroatoms. The number of benzodiazepines with no additional fused rings is 1. The lowest BCUT2D eigenvalue weighted by Crippen LogP contribution is -2.42. The van der Waals surface area contributed by atoms with Crippen LogP contribution < -0.4 is 10.6 Å². The van der Waals surface area contributed by atoms with Crippen molar-refractivity contribution in [2.75, 3.05) is 5.32 Å². The molecular formula is C23H18FN3O2. The highest BCUT2D eigenvalue weighted by Crippen LogP contribution is 2.25. The number of benzene rings is 3. The second kappa shape index (κ2) is 7.67. The number of anilines is 1. The van der Waals surface area contributed by atoms with Crippen LogP contribution >= 0.6 is 0 Å². The molecule has 1 atom stereocenters. The first-order chi connectivity index (χ1) is 14.0. The summed E-state index contributed by atoms with van der Waals surface area (Å²) in [5.74, 6) is -1.39. The monoisotopic (exact) mass is 387 g/mol. The smallest absolute Gasteiger partial charge is 0.269 e. The number of amides is 2. The molecule has 3 aromatic rings. The molecule has 0 saturated heterocycles. The van der Waals surface area contributed by atoms with Crippen molar-refractivity contribution >= 4 is 23.2 Å². The highest BCUT2D eigenvalue weighted by Gasteiger charge is 2.28. The summed E-state index contributed by atoms with van der Waals surface area (Å²) < 4.78 is 14.5. The number of hydrogen-bond donors (Lipinski definition) is 2. The lowest BCUT2D eigenvalue weighted by molar-refractivity contribution is -0.117. The summed E-state index contributed by atoms with van der Waals surface area (Å²) in [6.45, 7) is 1.92. The molecule has 1 aliphatic rings. The molecule has 0 aliphatic carbocycles. The normalized spacial score (nSPS) is 15.6. The largest absolute Gasteiger partial charge is 0.322 e. The van der Waals surface area contributed by atoms with Crippen LogP contribution in [0.5, 0.6) is 0 Å². The first-order valence-corrected chi connectivity index (χ1v) is 9.13. The van der Waals surface area contributed by atoms with E-state index in [0.29, 0.717) is 22.5 Å². The molecule has 0 saturated carbocycles. The molecule has 29 heavy (non-hydrogen) atoms. The molecular weight excluding hydrogens is 369 g/mol. The quantitative estimate of drug-likeness (QED) is 0.720. The van der Waals surface area contributed by atoms with Crippen molar-refractivity contribution in [1.82, 2.24) is 5.32 Å². The number of para-hydroxylation sites is 1. The predicted octanol–water partition coefficient (Wildman–Crippen LogP) is 3.68. The highest BCUT2D eigenvalue weighted by atomic mass is 19.1. The van der Waals surface area contributed by atoms with Crippen LogP contribution in [0.4, 0.5) is 10.1 Å². The summed E-state index contributed by atoms with van der Waals surface area (Å²) in [6.07, 6.45) is -1.20. The lowest BCUT2D eigenvalue weighted by Gasteiger charge is -2.13. The van der Waals surface area contributed by atoms with E-state index in [0.717, 1.165) is 5.56 Å². The summed E-state index contributed by atoms with van der Waals surface area (Å²) >= 11 is 0. The number of rotatable bonds is 3. The first-order valence-electron chi connectivity index (χ1n) is 9.13. The van der Waals surface area contributed by atoms with Gasteiger partial charge in [-0.05, 0) is 37.3 Å².